The van der Waals surface area contributed by atoms with Crippen molar-refractivity contribution in [1.29, 1.82) is 0 Å². The highest BCUT2D eigenvalue weighted by Gasteiger charge is 2.18. The maximum Gasteiger partial charge on any atom is 0.230 e. The molecule has 3 aromatic rings. The van der Waals surface area contributed by atoms with Crippen molar-refractivity contribution in [3.8, 4) is 23.0 Å². The molecule has 0 saturated carbocycles. The first kappa shape index (κ1) is 19.0. The van der Waals surface area contributed by atoms with Crippen molar-refractivity contribution < 1.29 is 18.4 Å². The van der Waals surface area contributed by atoms with Crippen LogP contribution in [0.25, 0.3) is 11.5 Å². The van der Waals surface area contributed by atoms with Crippen LogP contribution in [0.15, 0.2) is 27.1 Å². The number of oxazole rings is 1. The molecule has 0 bridgehead atoms. The highest BCUT2D eigenvalue weighted by Crippen LogP contribution is 2.34. The van der Waals surface area contributed by atoms with Crippen LogP contribution in [-0.2, 0) is 13.1 Å². The average Bonchev–Trinajstić information content (AvgIpc) is 3.18. The van der Waals surface area contributed by atoms with Crippen LogP contribution in [0.4, 0.5) is 0 Å². The molecule has 0 atom stereocenters. The Hall–Kier alpha value is -2.80. The van der Waals surface area contributed by atoms with E-state index in [1.54, 1.807) is 14.2 Å². The fourth-order valence-electron chi connectivity index (χ4n) is 2.98. The van der Waals surface area contributed by atoms with Crippen LogP contribution < -0.4 is 9.47 Å². The van der Waals surface area contributed by atoms with Gasteiger partial charge in [0.15, 0.2) is 0 Å². The van der Waals surface area contributed by atoms with Crippen LogP contribution in [0.1, 0.15) is 28.5 Å². The van der Waals surface area contributed by atoms with Crippen molar-refractivity contribution >= 4 is 0 Å². The van der Waals surface area contributed by atoms with Gasteiger partial charge >= 0.3 is 0 Å². The van der Waals surface area contributed by atoms with E-state index in [1.807, 2.05) is 46.0 Å². The molecule has 0 unspecified atom stereocenters. The van der Waals surface area contributed by atoms with Gasteiger partial charge in [-0.15, -0.1) is 0 Å². The van der Waals surface area contributed by atoms with Crippen LogP contribution in [0.2, 0.25) is 0 Å². The number of methoxy groups -OCH3 is 2. The molecule has 2 aromatic heterocycles. The van der Waals surface area contributed by atoms with Gasteiger partial charge in [0.1, 0.15) is 23.0 Å². The highest BCUT2D eigenvalue weighted by atomic mass is 16.5. The van der Waals surface area contributed by atoms with Crippen molar-refractivity contribution in [3.63, 3.8) is 0 Å². The first-order valence-corrected chi connectivity index (χ1v) is 8.72. The zero-order valence-corrected chi connectivity index (χ0v) is 16.6. The normalized spacial score (nSPS) is 11.2. The van der Waals surface area contributed by atoms with Crippen molar-refractivity contribution in [3.05, 3.63) is 46.7 Å². The predicted octanol–water partition coefficient (Wildman–Crippen LogP) is 3.90. The minimum absolute atomic E-state index is 0.518. The minimum Gasteiger partial charge on any atom is -0.497 e. The summed E-state index contributed by atoms with van der Waals surface area (Å²) < 4.78 is 21.9. The molecule has 0 radical (unpaired) electrons. The molecule has 27 heavy (non-hydrogen) atoms. The van der Waals surface area contributed by atoms with E-state index in [2.05, 4.69) is 10.1 Å². The van der Waals surface area contributed by atoms with Gasteiger partial charge in [-0.3, -0.25) is 4.90 Å². The Bertz CT molecular complexity index is 910. The van der Waals surface area contributed by atoms with Gasteiger partial charge in [0, 0.05) is 18.7 Å². The Morgan fingerprint density at radius 2 is 1.81 bits per heavy atom. The molecule has 1 aromatic carbocycles. The summed E-state index contributed by atoms with van der Waals surface area (Å²) in [5.41, 5.74) is 3.66. The Balaban J connectivity index is 1.83. The molecule has 7 heteroatoms. The molecule has 7 nitrogen and oxygen atoms in total. The Morgan fingerprint density at radius 1 is 1.04 bits per heavy atom. The number of aromatic nitrogens is 2. The maximum atomic E-state index is 5.92. The van der Waals surface area contributed by atoms with E-state index in [0.29, 0.717) is 18.2 Å². The van der Waals surface area contributed by atoms with E-state index >= 15 is 0 Å². The second-order valence-corrected chi connectivity index (χ2v) is 6.56. The van der Waals surface area contributed by atoms with Gasteiger partial charge in [0.05, 0.1) is 31.2 Å². The number of aryl methyl sites for hydroxylation is 3. The second-order valence-electron chi connectivity index (χ2n) is 6.56. The molecular formula is C20H25N3O4. The number of hydrogen-bond acceptors (Lipinski definition) is 7. The van der Waals surface area contributed by atoms with Gasteiger partial charge in [-0.1, -0.05) is 5.16 Å². The van der Waals surface area contributed by atoms with Crippen LogP contribution >= 0.6 is 0 Å². The van der Waals surface area contributed by atoms with E-state index in [4.69, 9.17) is 23.4 Å². The zero-order chi connectivity index (χ0) is 19.6. The van der Waals surface area contributed by atoms with Gasteiger partial charge in [-0.2, -0.15) is 0 Å². The summed E-state index contributed by atoms with van der Waals surface area (Å²) in [6, 6.07) is 5.55. The van der Waals surface area contributed by atoms with Crippen molar-refractivity contribution in [2.24, 2.45) is 0 Å². The summed E-state index contributed by atoms with van der Waals surface area (Å²) in [4.78, 5) is 6.85. The zero-order valence-electron chi connectivity index (χ0n) is 16.6. The molecule has 144 valence electrons. The van der Waals surface area contributed by atoms with Crippen LogP contribution in [-0.4, -0.2) is 36.3 Å². The lowest BCUT2D eigenvalue weighted by atomic mass is 10.2. The van der Waals surface area contributed by atoms with E-state index in [-0.39, 0.29) is 0 Å². The SMILES string of the molecule is COc1ccc(OC)c(-c2nc(CN(C)Cc3c(C)noc3C)c(C)o2)c1. The first-order valence-electron chi connectivity index (χ1n) is 8.72. The molecule has 0 aliphatic carbocycles. The van der Waals surface area contributed by atoms with Gasteiger partial charge < -0.3 is 18.4 Å². The maximum absolute atomic E-state index is 5.92. The van der Waals surface area contributed by atoms with Gasteiger partial charge in [-0.05, 0) is 46.0 Å². The van der Waals surface area contributed by atoms with Crippen molar-refractivity contribution in [1.82, 2.24) is 15.0 Å². The Kier molecular flexibility index (Phi) is 5.51. The molecule has 0 amide bonds. The summed E-state index contributed by atoms with van der Waals surface area (Å²) in [7, 11) is 5.28. The van der Waals surface area contributed by atoms with Gasteiger partial charge in [0.25, 0.3) is 0 Å². The smallest absolute Gasteiger partial charge is 0.230 e. The standard InChI is InChI=1S/C20H25N3O4/c1-12-17(13(2)27-22-12)10-23(4)11-18-14(3)26-20(21-18)16-9-15(24-5)7-8-19(16)25-6/h7-9H,10-11H2,1-6H3. The second kappa shape index (κ2) is 7.84. The third kappa shape index (κ3) is 3.98. The molecular weight excluding hydrogens is 346 g/mol. The minimum atomic E-state index is 0.518. The molecule has 0 aliphatic heterocycles. The summed E-state index contributed by atoms with van der Waals surface area (Å²) in [6.45, 7) is 7.17. The van der Waals surface area contributed by atoms with E-state index in [0.717, 1.165) is 46.3 Å². The monoisotopic (exact) mass is 371 g/mol. The quantitative estimate of drug-likeness (QED) is 0.623. The lowest BCUT2D eigenvalue weighted by Gasteiger charge is -2.15. The largest absolute Gasteiger partial charge is 0.497 e. The number of ether oxygens (including phenoxy) is 2. The number of benzene rings is 1. The van der Waals surface area contributed by atoms with Gasteiger partial charge in [-0.25, -0.2) is 4.98 Å². The highest BCUT2D eigenvalue weighted by molar-refractivity contribution is 5.65. The molecule has 0 aliphatic rings. The Labute approximate surface area is 158 Å². The van der Waals surface area contributed by atoms with Crippen LogP contribution in [0, 0.1) is 20.8 Å². The Morgan fingerprint density at radius 3 is 2.44 bits per heavy atom. The lowest BCUT2D eigenvalue weighted by molar-refractivity contribution is 0.309. The fraction of sp³-hybridized carbons (Fsp3) is 0.400. The van der Waals surface area contributed by atoms with Crippen molar-refractivity contribution in [2.75, 3.05) is 21.3 Å². The van der Waals surface area contributed by atoms with Crippen LogP contribution in [0.5, 0.6) is 11.5 Å². The number of hydrogen-bond donors (Lipinski definition) is 0. The molecule has 0 saturated heterocycles. The number of rotatable bonds is 7. The summed E-state index contributed by atoms with van der Waals surface area (Å²) in [6.07, 6.45) is 0. The van der Waals surface area contributed by atoms with E-state index < -0.39 is 0 Å². The number of nitrogens with zero attached hydrogens (tertiary/aromatic N) is 3. The topological polar surface area (TPSA) is 73.8 Å². The molecule has 0 fully saturated rings. The molecule has 0 N–H and O–H groups in total. The fourth-order valence-corrected chi connectivity index (χ4v) is 2.98. The summed E-state index contributed by atoms with van der Waals surface area (Å²) in [5.74, 6) is 3.55. The van der Waals surface area contributed by atoms with E-state index in [9.17, 15) is 0 Å². The summed E-state index contributed by atoms with van der Waals surface area (Å²) in [5, 5.41) is 4.01. The van der Waals surface area contributed by atoms with Crippen LogP contribution in [0.3, 0.4) is 0 Å². The van der Waals surface area contributed by atoms with Crippen molar-refractivity contribution in [2.45, 2.75) is 33.9 Å². The van der Waals surface area contributed by atoms with E-state index in [1.165, 1.54) is 0 Å². The molecule has 3 rings (SSSR count). The third-order valence-corrected chi connectivity index (χ3v) is 4.56. The molecule has 0 spiro atoms. The lowest BCUT2D eigenvalue weighted by Crippen LogP contribution is -2.18. The molecule has 2 heterocycles. The van der Waals surface area contributed by atoms with Gasteiger partial charge in [0.2, 0.25) is 5.89 Å². The summed E-state index contributed by atoms with van der Waals surface area (Å²) >= 11 is 0. The average molecular weight is 371 g/mol. The third-order valence-electron chi connectivity index (χ3n) is 4.56. The predicted molar refractivity (Wildman–Crippen MR) is 101 cm³/mol. The first-order chi connectivity index (χ1) is 12.9.